The monoisotopic (exact) mass is 301 g/mol. The first kappa shape index (κ1) is 15.1. The van der Waals surface area contributed by atoms with Crippen molar-refractivity contribution in [3.05, 3.63) is 29.3 Å². The van der Waals surface area contributed by atoms with Crippen molar-refractivity contribution >= 4 is 17.6 Å². The van der Waals surface area contributed by atoms with Gasteiger partial charge in [0.25, 0.3) is 0 Å². The number of hydrogen-bond donors (Lipinski definition) is 2. The summed E-state index contributed by atoms with van der Waals surface area (Å²) < 4.78 is 0. The fourth-order valence-electron chi connectivity index (χ4n) is 4.23. The Bertz CT molecular complexity index is 602. The lowest BCUT2D eigenvalue weighted by molar-refractivity contribution is -0.156. The molecular formula is C18H23NO3. The average molecular weight is 301 g/mol. The van der Waals surface area contributed by atoms with Crippen molar-refractivity contribution in [1.82, 2.24) is 0 Å². The molecule has 1 aromatic rings. The second-order valence-electron chi connectivity index (χ2n) is 6.85. The highest BCUT2D eigenvalue weighted by molar-refractivity contribution is 5.95. The largest absolute Gasteiger partial charge is 0.481 e. The number of aliphatic carboxylic acids is 1. The van der Waals surface area contributed by atoms with Crippen LogP contribution in [-0.2, 0) is 9.59 Å². The maximum absolute atomic E-state index is 12.7. The highest BCUT2D eigenvalue weighted by Gasteiger charge is 2.50. The Hall–Kier alpha value is -1.84. The third-order valence-electron chi connectivity index (χ3n) is 5.58. The van der Waals surface area contributed by atoms with E-state index in [9.17, 15) is 14.7 Å². The van der Waals surface area contributed by atoms with Crippen molar-refractivity contribution in [3.8, 4) is 0 Å². The van der Waals surface area contributed by atoms with Crippen LogP contribution in [0.15, 0.2) is 18.2 Å². The number of carbonyl (C=O) groups excluding carboxylic acids is 1. The lowest BCUT2D eigenvalue weighted by Gasteiger charge is -2.45. The second kappa shape index (κ2) is 5.75. The van der Waals surface area contributed by atoms with E-state index < -0.39 is 11.9 Å². The van der Waals surface area contributed by atoms with Crippen LogP contribution in [0, 0.1) is 37.5 Å². The van der Waals surface area contributed by atoms with Crippen LogP contribution in [0.5, 0.6) is 0 Å². The van der Waals surface area contributed by atoms with Crippen LogP contribution in [0.2, 0.25) is 0 Å². The van der Waals surface area contributed by atoms with Gasteiger partial charge in [-0.25, -0.2) is 0 Å². The minimum absolute atomic E-state index is 0.120. The quantitative estimate of drug-likeness (QED) is 0.899. The molecule has 3 fully saturated rings. The molecule has 0 heterocycles. The van der Waals surface area contributed by atoms with Gasteiger partial charge in [-0.3, -0.25) is 9.59 Å². The van der Waals surface area contributed by atoms with Crippen LogP contribution in [0.3, 0.4) is 0 Å². The van der Waals surface area contributed by atoms with E-state index in [2.05, 4.69) is 5.32 Å². The maximum atomic E-state index is 12.7. The number of rotatable bonds is 3. The molecule has 3 aliphatic rings. The number of fused-ring (bicyclic) bond motifs is 3. The van der Waals surface area contributed by atoms with Gasteiger partial charge in [0, 0.05) is 5.69 Å². The number of amides is 1. The highest BCUT2D eigenvalue weighted by Crippen LogP contribution is 2.49. The molecule has 3 saturated carbocycles. The van der Waals surface area contributed by atoms with Crippen molar-refractivity contribution in [2.24, 2.45) is 23.7 Å². The zero-order valence-corrected chi connectivity index (χ0v) is 13.1. The average Bonchev–Trinajstić information content (AvgIpc) is 2.51. The van der Waals surface area contributed by atoms with Crippen molar-refractivity contribution in [3.63, 3.8) is 0 Å². The van der Waals surface area contributed by atoms with Gasteiger partial charge < -0.3 is 10.4 Å². The molecule has 2 bridgehead atoms. The predicted molar refractivity (Wildman–Crippen MR) is 84.6 cm³/mol. The predicted octanol–water partition coefficient (Wildman–Crippen LogP) is 3.38. The van der Waals surface area contributed by atoms with Gasteiger partial charge in [0.2, 0.25) is 5.91 Å². The number of benzene rings is 1. The first-order chi connectivity index (χ1) is 10.5. The summed E-state index contributed by atoms with van der Waals surface area (Å²) in [4.78, 5) is 24.3. The van der Waals surface area contributed by atoms with E-state index >= 15 is 0 Å². The maximum Gasteiger partial charge on any atom is 0.307 e. The fourth-order valence-corrected chi connectivity index (χ4v) is 4.23. The zero-order valence-electron chi connectivity index (χ0n) is 13.1. The van der Waals surface area contributed by atoms with E-state index in [4.69, 9.17) is 0 Å². The minimum atomic E-state index is -0.811. The smallest absolute Gasteiger partial charge is 0.307 e. The van der Waals surface area contributed by atoms with Crippen molar-refractivity contribution in [2.75, 3.05) is 5.32 Å². The third kappa shape index (κ3) is 2.62. The number of aryl methyl sites for hydroxylation is 2. The van der Waals surface area contributed by atoms with E-state index in [1.165, 1.54) is 5.56 Å². The Kier molecular flexibility index (Phi) is 3.94. The normalized spacial score (nSPS) is 30.1. The second-order valence-corrected chi connectivity index (χ2v) is 6.85. The van der Waals surface area contributed by atoms with Crippen LogP contribution in [0.25, 0.3) is 0 Å². The molecule has 4 rings (SSSR count). The Morgan fingerprint density at radius 2 is 1.59 bits per heavy atom. The summed E-state index contributed by atoms with van der Waals surface area (Å²) in [7, 11) is 0. The fraction of sp³-hybridized carbons (Fsp3) is 0.556. The summed E-state index contributed by atoms with van der Waals surface area (Å²) in [6, 6.07) is 5.81. The standard InChI is InChI=1S/C18H23NO3/c1-10-3-8-14(9-11(10)2)19-17(20)15-12-4-6-13(7-5-12)16(15)18(21)22/h3,8-9,12-13,15-16H,4-7H2,1-2H3,(H,19,20)(H,21,22)/t12?,13?,15-,16+/m1/s1. The van der Waals surface area contributed by atoms with Crippen molar-refractivity contribution < 1.29 is 14.7 Å². The number of nitrogens with one attached hydrogen (secondary N) is 1. The topological polar surface area (TPSA) is 66.4 Å². The van der Waals surface area contributed by atoms with E-state index in [1.807, 2.05) is 32.0 Å². The van der Waals surface area contributed by atoms with Gasteiger partial charge in [-0.2, -0.15) is 0 Å². The molecule has 118 valence electrons. The van der Waals surface area contributed by atoms with Crippen LogP contribution in [0.1, 0.15) is 36.8 Å². The molecule has 4 heteroatoms. The molecule has 0 radical (unpaired) electrons. The number of carboxylic acid groups (broad SMARTS) is 1. The minimum Gasteiger partial charge on any atom is -0.481 e. The molecule has 0 spiro atoms. The van der Waals surface area contributed by atoms with Crippen LogP contribution < -0.4 is 5.32 Å². The van der Waals surface area contributed by atoms with Crippen molar-refractivity contribution in [2.45, 2.75) is 39.5 Å². The molecule has 4 nitrogen and oxygen atoms in total. The van der Waals surface area contributed by atoms with Crippen LogP contribution in [0.4, 0.5) is 5.69 Å². The molecule has 0 aromatic heterocycles. The first-order valence-corrected chi connectivity index (χ1v) is 8.08. The third-order valence-corrected chi connectivity index (χ3v) is 5.58. The van der Waals surface area contributed by atoms with Crippen LogP contribution >= 0.6 is 0 Å². The van der Waals surface area contributed by atoms with E-state index in [0.29, 0.717) is 0 Å². The highest BCUT2D eigenvalue weighted by atomic mass is 16.4. The molecule has 0 aliphatic heterocycles. The zero-order chi connectivity index (χ0) is 15.9. The SMILES string of the molecule is Cc1ccc(NC(=O)[C@@H]2C3CCC(CC3)[C@@H]2C(=O)O)cc1C. The molecule has 22 heavy (non-hydrogen) atoms. The summed E-state index contributed by atoms with van der Waals surface area (Å²) in [5.41, 5.74) is 3.06. The van der Waals surface area contributed by atoms with E-state index in [-0.39, 0.29) is 23.7 Å². The molecule has 0 unspecified atom stereocenters. The van der Waals surface area contributed by atoms with Gasteiger partial charge in [0.15, 0.2) is 0 Å². The lowest BCUT2D eigenvalue weighted by atomic mass is 9.58. The van der Waals surface area contributed by atoms with Gasteiger partial charge in [0.1, 0.15) is 0 Å². The number of carboxylic acids is 1. The van der Waals surface area contributed by atoms with Gasteiger partial charge in [-0.15, -0.1) is 0 Å². The number of carbonyl (C=O) groups is 2. The van der Waals surface area contributed by atoms with E-state index in [1.54, 1.807) is 0 Å². The van der Waals surface area contributed by atoms with Gasteiger partial charge >= 0.3 is 5.97 Å². The van der Waals surface area contributed by atoms with E-state index in [0.717, 1.165) is 36.9 Å². The first-order valence-electron chi connectivity index (χ1n) is 8.08. The summed E-state index contributed by atoms with van der Waals surface area (Å²) in [5.74, 6) is -1.44. The number of anilines is 1. The lowest BCUT2D eigenvalue weighted by Crippen LogP contribution is -2.49. The summed E-state index contributed by atoms with van der Waals surface area (Å²) in [5, 5.41) is 12.5. The number of hydrogen-bond acceptors (Lipinski definition) is 2. The molecule has 3 aliphatic carbocycles. The molecular weight excluding hydrogens is 278 g/mol. The molecule has 0 saturated heterocycles. The summed E-state index contributed by atoms with van der Waals surface area (Å²) >= 11 is 0. The van der Waals surface area contributed by atoms with Crippen molar-refractivity contribution in [1.29, 1.82) is 0 Å². The summed E-state index contributed by atoms with van der Waals surface area (Å²) in [6.45, 7) is 4.04. The summed E-state index contributed by atoms with van der Waals surface area (Å²) in [6.07, 6.45) is 3.88. The Morgan fingerprint density at radius 1 is 1.00 bits per heavy atom. The Balaban J connectivity index is 1.80. The van der Waals surface area contributed by atoms with Gasteiger partial charge in [0.05, 0.1) is 11.8 Å². The Morgan fingerprint density at radius 3 is 2.14 bits per heavy atom. The molecule has 2 atom stereocenters. The van der Waals surface area contributed by atoms with Gasteiger partial charge in [-0.1, -0.05) is 6.07 Å². The Labute approximate surface area is 130 Å². The van der Waals surface area contributed by atoms with Gasteiger partial charge in [-0.05, 0) is 74.6 Å². The molecule has 1 amide bonds. The molecule has 2 N–H and O–H groups in total. The van der Waals surface area contributed by atoms with Crippen LogP contribution in [-0.4, -0.2) is 17.0 Å². The molecule has 1 aromatic carbocycles.